The fraction of sp³-hybridized carbons (Fsp3) is 0.429. The number of hydrogen-bond donors (Lipinski definition) is 2. The van der Waals surface area contributed by atoms with E-state index in [4.69, 9.17) is 0 Å². The van der Waals surface area contributed by atoms with E-state index in [1.54, 1.807) is 6.07 Å². The molecule has 0 saturated carbocycles. The molecule has 2 heterocycles. The third-order valence-corrected chi connectivity index (χ3v) is 6.71. The molecule has 0 bridgehead atoms. The van der Waals surface area contributed by atoms with Crippen molar-refractivity contribution in [3.63, 3.8) is 0 Å². The Morgan fingerprint density at radius 2 is 1.74 bits per heavy atom. The first-order valence-electron chi connectivity index (χ1n) is 12.7. The molecule has 2 aromatic carbocycles. The minimum atomic E-state index is -4.54. The lowest BCUT2D eigenvalue weighted by Gasteiger charge is -2.30. The molecule has 0 radical (unpaired) electrons. The van der Waals surface area contributed by atoms with Gasteiger partial charge in [-0.05, 0) is 54.8 Å². The van der Waals surface area contributed by atoms with Gasteiger partial charge < -0.3 is 20.1 Å². The quantitative estimate of drug-likeness (QED) is 0.326. The van der Waals surface area contributed by atoms with E-state index in [1.165, 1.54) is 6.07 Å². The number of aromatic nitrogens is 1. The molecule has 0 aliphatic carbocycles. The van der Waals surface area contributed by atoms with Crippen LogP contribution in [0.3, 0.4) is 0 Å². The van der Waals surface area contributed by atoms with E-state index in [9.17, 15) is 31.9 Å². The minimum absolute atomic E-state index is 0.0199. The van der Waals surface area contributed by atoms with Crippen molar-refractivity contribution in [1.29, 1.82) is 0 Å². The predicted octanol–water partition coefficient (Wildman–Crippen LogP) is 5.06. The number of rotatable bonds is 11. The number of fused-ring (bicyclic) bond motifs is 1. The predicted molar refractivity (Wildman–Crippen MR) is 136 cm³/mol. The van der Waals surface area contributed by atoms with Crippen molar-refractivity contribution in [2.45, 2.75) is 49.9 Å². The number of alkyl halides is 5. The van der Waals surface area contributed by atoms with Crippen LogP contribution in [0.15, 0.2) is 60.8 Å². The van der Waals surface area contributed by atoms with Gasteiger partial charge in [0, 0.05) is 30.8 Å². The van der Waals surface area contributed by atoms with Gasteiger partial charge in [0.2, 0.25) is 5.88 Å². The third kappa shape index (κ3) is 8.09. The zero-order valence-electron chi connectivity index (χ0n) is 21.1. The summed E-state index contributed by atoms with van der Waals surface area (Å²) in [6, 6.07) is 14.3. The number of carbonyl (C=O) groups is 1. The van der Waals surface area contributed by atoms with E-state index in [-0.39, 0.29) is 24.4 Å². The lowest BCUT2D eigenvalue weighted by molar-refractivity contribution is -0.154. The largest absolute Gasteiger partial charge is 0.468 e. The number of carbonyl (C=O) groups excluding carboxylic acids is 1. The second kappa shape index (κ2) is 12.3. The maximum Gasteiger partial charge on any atom is 0.422 e. The monoisotopic (exact) mass is 551 g/mol. The zero-order valence-corrected chi connectivity index (χ0v) is 21.1. The summed E-state index contributed by atoms with van der Waals surface area (Å²) in [7, 11) is 0. The second-order valence-electron chi connectivity index (χ2n) is 9.75. The van der Waals surface area contributed by atoms with Crippen LogP contribution >= 0.6 is 0 Å². The summed E-state index contributed by atoms with van der Waals surface area (Å²) in [6.07, 6.45) is -3.77. The lowest BCUT2D eigenvalue weighted by atomic mass is 10.0. The fourth-order valence-corrected chi connectivity index (χ4v) is 4.59. The molecular weight excluding hydrogens is 521 g/mol. The number of benzene rings is 2. The van der Waals surface area contributed by atoms with Gasteiger partial charge in [-0.3, -0.25) is 4.79 Å². The summed E-state index contributed by atoms with van der Waals surface area (Å²) in [4.78, 5) is 18.4. The average Bonchev–Trinajstić information content (AvgIpc) is 3.43. The summed E-state index contributed by atoms with van der Waals surface area (Å²) in [5.41, 5.74) is 0.826. The number of halogens is 5. The van der Waals surface area contributed by atoms with Crippen molar-refractivity contribution in [2.75, 3.05) is 26.2 Å². The van der Waals surface area contributed by atoms with Crippen LogP contribution in [0.2, 0.25) is 0 Å². The average molecular weight is 552 g/mol. The van der Waals surface area contributed by atoms with Crippen molar-refractivity contribution in [1.82, 2.24) is 15.2 Å². The van der Waals surface area contributed by atoms with Gasteiger partial charge in [-0.15, -0.1) is 0 Å². The molecule has 6 nitrogen and oxygen atoms in total. The normalized spacial score (nSPS) is 16.3. The van der Waals surface area contributed by atoms with Crippen LogP contribution in [0.25, 0.3) is 10.8 Å². The summed E-state index contributed by atoms with van der Waals surface area (Å²) < 4.78 is 71.6. The van der Waals surface area contributed by atoms with E-state index >= 15 is 0 Å². The molecule has 210 valence electrons. The first-order chi connectivity index (χ1) is 18.5. The van der Waals surface area contributed by atoms with Gasteiger partial charge in [-0.2, -0.15) is 22.0 Å². The number of aliphatic hydroxyl groups excluding tert-OH is 1. The Morgan fingerprint density at radius 3 is 2.41 bits per heavy atom. The van der Waals surface area contributed by atoms with E-state index in [0.29, 0.717) is 18.7 Å². The van der Waals surface area contributed by atoms with Crippen LogP contribution in [0.5, 0.6) is 5.88 Å². The number of hydrogen-bond acceptors (Lipinski definition) is 5. The van der Waals surface area contributed by atoms with Crippen molar-refractivity contribution < 1.29 is 36.6 Å². The minimum Gasteiger partial charge on any atom is -0.468 e. The van der Waals surface area contributed by atoms with Crippen LogP contribution in [-0.4, -0.2) is 65.3 Å². The van der Waals surface area contributed by atoms with E-state index in [1.807, 2.05) is 41.3 Å². The molecule has 3 aromatic rings. The molecule has 1 aliphatic heterocycles. The third-order valence-electron chi connectivity index (χ3n) is 6.71. The van der Waals surface area contributed by atoms with E-state index in [0.717, 1.165) is 35.9 Å². The Morgan fingerprint density at radius 1 is 1.03 bits per heavy atom. The van der Waals surface area contributed by atoms with Crippen LogP contribution in [0.1, 0.15) is 36.5 Å². The van der Waals surface area contributed by atoms with E-state index < -0.39 is 43.2 Å². The molecule has 1 fully saturated rings. The maximum absolute atomic E-state index is 15.0. The van der Waals surface area contributed by atoms with Crippen molar-refractivity contribution in [3.05, 3.63) is 71.9 Å². The van der Waals surface area contributed by atoms with Gasteiger partial charge in [0.1, 0.15) is 6.10 Å². The number of nitrogens with one attached hydrogen (secondary N) is 1. The molecule has 1 aliphatic rings. The standard InChI is InChI=1S/C28H30F5N3O3/c29-27(30,12-11-19-7-8-20-5-1-2-6-21(20)15-19)26(38)35-23(17-36-13-3-4-14-36)25(37)22-9-10-24(34-16-22)39-18-28(31,32)33/h1-2,5-10,15-16,23,25,37H,3-4,11-14,17-18H2,(H,35,38). The van der Waals surface area contributed by atoms with Gasteiger partial charge in [0.25, 0.3) is 5.91 Å². The van der Waals surface area contributed by atoms with Gasteiger partial charge in [-0.25, -0.2) is 4.98 Å². The second-order valence-corrected chi connectivity index (χ2v) is 9.75. The smallest absolute Gasteiger partial charge is 0.422 e. The number of amides is 1. The van der Waals surface area contributed by atoms with Gasteiger partial charge >= 0.3 is 12.1 Å². The highest BCUT2D eigenvalue weighted by atomic mass is 19.4. The molecule has 39 heavy (non-hydrogen) atoms. The maximum atomic E-state index is 15.0. The highest BCUT2D eigenvalue weighted by Gasteiger charge is 2.40. The first kappa shape index (κ1) is 28.7. The van der Waals surface area contributed by atoms with Gasteiger partial charge in [0.15, 0.2) is 6.61 Å². The molecule has 0 spiro atoms. The Balaban J connectivity index is 1.42. The topological polar surface area (TPSA) is 74.7 Å². The van der Waals surface area contributed by atoms with Crippen LogP contribution in [-0.2, 0) is 11.2 Å². The Hall–Kier alpha value is -3.31. The van der Waals surface area contributed by atoms with Gasteiger partial charge in [0.05, 0.1) is 6.04 Å². The molecule has 2 atom stereocenters. The van der Waals surface area contributed by atoms with Crippen molar-refractivity contribution >= 4 is 16.7 Å². The van der Waals surface area contributed by atoms with Crippen LogP contribution in [0.4, 0.5) is 22.0 Å². The Bertz CT molecular complexity index is 1250. The first-order valence-corrected chi connectivity index (χ1v) is 12.7. The number of nitrogens with zero attached hydrogens (tertiary/aromatic N) is 2. The molecule has 11 heteroatoms. The fourth-order valence-electron chi connectivity index (χ4n) is 4.59. The number of ether oxygens (including phenoxy) is 1. The van der Waals surface area contributed by atoms with Crippen LogP contribution in [0, 0.1) is 0 Å². The molecular formula is C28H30F5N3O3. The summed E-state index contributed by atoms with van der Waals surface area (Å²) in [6.45, 7) is -0.0103. The van der Waals surface area contributed by atoms with Crippen molar-refractivity contribution in [2.24, 2.45) is 0 Å². The molecule has 1 aromatic heterocycles. The van der Waals surface area contributed by atoms with E-state index in [2.05, 4.69) is 15.0 Å². The highest BCUT2D eigenvalue weighted by Crippen LogP contribution is 2.26. The van der Waals surface area contributed by atoms with Crippen molar-refractivity contribution in [3.8, 4) is 5.88 Å². The zero-order chi connectivity index (χ0) is 28.0. The number of likely N-dealkylation sites (tertiary alicyclic amines) is 1. The number of pyridine rings is 1. The Kier molecular flexibility index (Phi) is 9.01. The SMILES string of the molecule is O=C(NC(CN1CCCC1)C(O)c1ccc(OCC(F)(F)F)nc1)C(F)(F)CCc1ccc2ccccc2c1. The molecule has 1 amide bonds. The van der Waals surface area contributed by atoms with Crippen LogP contribution < -0.4 is 10.1 Å². The lowest BCUT2D eigenvalue weighted by Crippen LogP contribution is -2.51. The molecule has 2 N–H and O–H groups in total. The van der Waals surface area contributed by atoms with Gasteiger partial charge in [-0.1, -0.05) is 42.5 Å². The number of aliphatic hydroxyl groups is 1. The Labute approximate surface area is 222 Å². The molecule has 4 rings (SSSR count). The molecule has 1 saturated heterocycles. The summed E-state index contributed by atoms with van der Waals surface area (Å²) >= 11 is 0. The molecule has 2 unspecified atom stereocenters. The number of aryl methyl sites for hydroxylation is 1. The summed E-state index contributed by atoms with van der Waals surface area (Å²) in [5, 5.41) is 15.2. The summed E-state index contributed by atoms with van der Waals surface area (Å²) in [5.74, 6) is -5.49. The highest BCUT2D eigenvalue weighted by molar-refractivity contribution is 5.84.